The molecule has 1 heterocycles. The van der Waals surface area contributed by atoms with Gasteiger partial charge in [-0.3, -0.25) is 4.79 Å². The lowest BCUT2D eigenvalue weighted by atomic mass is 10.1. The van der Waals surface area contributed by atoms with E-state index in [0.29, 0.717) is 47.8 Å². The highest BCUT2D eigenvalue weighted by Crippen LogP contribution is 2.35. The van der Waals surface area contributed by atoms with Gasteiger partial charge in [-0.1, -0.05) is 12.1 Å². The zero-order valence-corrected chi connectivity index (χ0v) is 19.1. The van der Waals surface area contributed by atoms with Gasteiger partial charge < -0.3 is 19.5 Å². The molecule has 1 amide bonds. The van der Waals surface area contributed by atoms with Crippen LogP contribution in [0, 0.1) is 0 Å². The minimum atomic E-state index is -3.54. The van der Waals surface area contributed by atoms with Crippen molar-refractivity contribution in [2.45, 2.75) is 11.4 Å². The molecule has 0 unspecified atom stereocenters. The van der Waals surface area contributed by atoms with Crippen molar-refractivity contribution in [1.82, 2.24) is 9.62 Å². The number of sulfonamides is 1. The zero-order valence-electron chi connectivity index (χ0n) is 16.7. The molecule has 1 aliphatic heterocycles. The van der Waals surface area contributed by atoms with Crippen LogP contribution in [0.5, 0.6) is 11.5 Å². The molecule has 0 bridgehead atoms. The Bertz CT molecular complexity index is 979. The number of rotatable bonds is 7. The lowest BCUT2D eigenvalue weighted by molar-refractivity contribution is 0.0730. The number of hydrogen-bond donors (Lipinski definition) is 1. The second-order valence-electron chi connectivity index (χ2n) is 6.54. The van der Waals surface area contributed by atoms with E-state index in [2.05, 4.69) is 21.2 Å². The Morgan fingerprint density at radius 2 is 1.67 bits per heavy atom. The van der Waals surface area contributed by atoms with E-state index in [1.165, 1.54) is 18.5 Å². The highest BCUT2D eigenvalue weighted by atomic mass is 79.9. The summed E-state index contributed by atoms with van der Waals surface area (Å²) in [6.45, 7) is 1.74. The second-order valence-corrected chi connectivity index (χ2v) is 9.27. The van der Waals surface area contributed by atoms with E-state index in [9.17, 15) is 13.2 Å². The molecular weight excluding hydrogens is 476 g/mol. The van der Waals surface area contributed by atoms with Gasteiger partial charge in [0.1, 0.15) is 16.0 Å². The van der Waals surface area contributed by atoms with Gasteiger partial charge >= 0.3 is 0 Å². The molecule has 3 rings (SSSR count). The van der Waals surface area contributed by atoms with E-state index in [0.717, 1.165) is 5.56 Å². The number of benzene rings is 2. The molecule has 8 nitrogen and oxygen atoms in total. The summed E-state index contributed by atoms with van der Waals surface area (Å²) in [7, 11) is -0.523. The first kappa shape index (κ1) is 22.5. The van der Waals surface area contributed by atoms with Crippen molar-refractivity contribution >= 4 is 31.9 Å². The molecule has 1 aliphatic rings. The van der Waals surface area contributed by atoms with E-state index in [1.54, 1.807) is 36.4 Å². The fraction of sp³-hybridized carbons (Fsp3) is 0.350. The van der Waals surface area contributed by atoms with E-state index < -0.39 is 10.0 Å². The summed E-state index contributed by atoms with van der Waals surface area (Å²) in [4.78, 5) is 12.8. The van der Waals surface area contributed by atoms with Crippen LogP contribution in [-0.2, 0) is 21.3 Å². The van der Waals surface area contributed by atoms with E-state index in [4.69, 9.17) is 14.2 Å². The molecule has 2 aromatic carbocycles. The molecule has 30 heavy (non-hydrogen) atoms. The lowest BCUT2D eigenvalue weighted by Crippen LogP contribution is -2.40. The quantitative estimate of drug-likeness (QED) is 0.629. The number of halogens is 1. The van der Waals surface area contributed by atoms with Crippen molar-refractivity contribution < 1.29 is 27.4 Å². The number of morpholine rings is 1. The summed E-state index contributed by atoms with van der Waals surface area (Å²) in [5.74, 6) is 0.665. The standard InChI is InChI=1S/C20H23BrN2O6S/c1-27-17-11-15(12-18(28-2)19(17)21)20(24)22-13-14-3-5-16(6-4-14)30(25,26)23-7-9-29-10-8-23/h3-6,11-12H,7-10,13H2,1-2H3,(H,22,24). The van der Waals surface area contributed by atoms with Gasteiger partial charge in [0.15, 0.2) is 0 Å². The van der Waals surface area contributed by atoms with Gasteiger partial charge in [0.25, 0.3) is 5.91 Å². The summed E-state index contributed by atoms with van der Waals surface area (Å²) < 4.78 is 43.1. The maximum absolute atomic E-state index is 12.7. The van der Waals surface area contributed by atoms with Gasteiger partial charge in [0.05, 0.1) is 32.3 Å². The van der Waals surface area contributed by atoms with Crippen molar-refractivity contribution in [3.05, 3.63) is 52.0 Å². The molecule has 0 aliphatic carbocycles. The fourth-order valence-corrected chi connectivity index (χ4v) is 4.96. The number of nitrogens with zero attached hydrogens (tertiary/aromatic N) is 1. The minimum Gasteiger partial charge on any atom is -0.495 e. The van der Waals surface area contributed by atoms with E-state index >= 15 is 0 Å². The van der Waals surface area contributed by atoms with Crippen LogP contribution in [0.1, 0.15) is 15.9 Å². The summed E-state index contributed by atoms with van der Waals surface area (Å²) >= 11 is 3.37. The van der Waals surface area contributed by atoms with Crippen LogP contribution in [0.4, 0.5) is 0 Å². The molecule has 0 atom stereocenters. The van der Waals surface area contributed by atoms with Crippen LogP contribution in [-0.4, -0.2) is 59.2 Å². The summed E-state index contributed by atoms with van der Waals surface area (Å²) in [6.07, 6.45) is 0. The third kappa shape index (κ3) is 4.94. The molecule has 1 saturated heterocycles. The van der Waals surface area contributed by atoms with Crippen LogP contribution in [0.25, 0.3) is 0 Å². The number of hydrogen-bond acceptors (Lipinski definition) is 6. The summed E-state index contributed by atoms with van der Waals surface area (Å²) in [5, 5.41) is 2.82. The number of amides is 1. The van der Waals surface area contributed by atoms with Crippen LogP contribution >= 0.6 is 15.9 Å². The third-order valence-electron chi connectivity index (χ3n) is 4.69. The van der Waals surface area contributed by atoms with Crippen LogP contribution in [0.15, 0.2) is 45.8 Å². The fourth-order valence-electron chi connectivity index (χ4n) is 3.00. The zero-order chi connectivity index (χ0) is 21.7. The Balaban J connectivity index is 1.67. The maximum atomic E-state index is 12.7. The number of carbonyl (C=O) groups excluding carboxylic acids is 1. The molecule has 1 N–H and O–H groups in total. The van der Waals surface area contributed by atoms with Crippen LogP contribution in [0.3, 0.4) is 0 Å². The van der Waals surface area contributed by atoms with Crippen molar-refractivity contribution in [3.8, 4) is 11.5 Å². The average Bonchev–Trinajstić information content (AvgIpc) is 2.78. The molecule has 0 spiro atoms. The smallest absolute Gasteiger partial charge is 0.251 e. The third-order valence-corrected chi connectivity index (χ3v) is 7.39. The van der Waals surface area contributed by atoms with Crippen LogP contribution in [0.2, 0.25) is 0 Å². The normalized spacial score (nSPS) is 14.9. The Hall–Kier alpha value is -2.14. The largest absolute Gasteiger partial charge is 0.495 e. The maximum Gasteiger partial charge on any atom is 0.251 e. The SMILES string of the molecule is COc1cc(C(=O)NCc2ccc(S(=O)(=O)N3CCOCC3)cc2)cc(OC)c1Br. The number of nitrogens with one attached hydrogen (secondary N) is 1. The van der Waals surface area contributed by atoms with Crippen molar-refractivity contribution in [2.24, 2.45) is 0 Å². The Morgan fingerprint density at radius 1 is 1.10 bits per heavy atom. The van der Waals surface area contributed by atoms with Gasteiger partial charge in [-0.2, -0.15) is 4.31 Å². The molecule has 10 heteroatoms. The molecule has 162 valence electrons. The van der Waals surface area contributed by atoms with Crippen molar-refractivity contribution in [3.63, 3.8) is 0 Å². The number of carbonyl (C=O) groups is 1. The second kappa shape index (κ2) is 9.78. The molecule has 1 fully saturated rings. The van der Waals surface area contributed by atoms with Crippen molar-refractivity contribution in [2.75, 3.05) is 40.5 Å². The topological polar surface area (TPSA) is 94.2 Å². The van der Waals surface area contributed by atoms with Gasteiger partial charge in [-0.05, 0) is 45.8 Å². The number of ether oxygens (including phenoxy) is 3. The molecule has 0 saturated carbocycles. The first-order valence-corrected chi connectivity index (χ1v) is 11.5. The Morgan fingerprint density at radius 3 is 2.20 bits per heavy atom. The predicted octanol–water partition coefficient (Wildman–Crippen LogP) is 2.42. The van der Waals surface area contributed by atoms with Gasteiger partial charge in [0, 0.05) is 25.2 Å². The summed E-state index contributed by atoms with van der Waals surface area (Å²) in [5.41, 5.74) is 1.17. The highest BCUT2D eigenvalue weighted by molar-refractivity contribution is 9.10. The van der Waals surface area contributed by atoms with Gasteiger partial charge in [-0.25, -0.2) is 8.42 Å². The molecule has 2 aromatic rings. The van der Waals surface area contributed by atoms with Gasteiger partial charge in [-0.15, -0.1) is 0 Å². The predicted molar refractivity (Wildman–Crippen MR) is 114 cm³/mol. The number of methoxy groups -OCH3 is 2. The molecule has 0 radical (unpaired) electrons. The monoisotopic (exact) mass is 498 g/mol. The minimum absolute atomic E-state index is 0.224. The average molecular weight is 499 g/mol. The van der Waals surface area contributed by atoms with Crippen molar-refractivity contribution in [1.29, 1.82) is 0 Å². The van der Waals surface area contributed by atoms with Crippen LogP contribution < -0.4 is 14.8 Å². The molecule has 0 aromatic heterocycles. The summed E-state index contributed by atoms with van der Waals surface area (Å²) in [6, 6.07) is 9.71. The highest BCUT2D eigenvalue weighted by Gasteiger charge is 2.26. The first-order chi connectivity index (χ1) is 14.4. The Labute approximate surface area is 184 Å². The Kier molecular flexibility index (Phi) is 7.35. The van der Waals surface area contributed by atoms with E-state index in [1.807, 2.05) is 0 Å². The first-order valence-electron chi connectivity index (χ1n) is 9.23. The lowest BCUT2D eigenvalue weighted by Gasteiger charge is -2.26. The van der Waals surface area contributed by atoms with E-state index in [-0.39, 0.29) is 17.3 Å². The molecular formula is C20H23BrN2O6S. The van der Waals surface area contributed by atoms with Gasteiger partial charge in [0.2, 0.25) is 10.0 Å².